The van der Waals surface area contributed by atoms with Crippen molar-refractivity contribution >= 4 is 56.4 Å². The molecule has 0 aliphatic carbocycles. The van der Waals surface area contributed by atoms with Crippen molar-refractivity contribution in [1.29, 1.82) is 0 Å². The van der Waals surface area contributed by atoms with E-state index >= 15 is 0 Å². The van der Waals surface area contributed by atoms with Gasteiger partial charge in [-0.15, -0.1) is 0 Å². The van der Waals surface area contributed by atoms with Crippen molar-refractivity contribution in [2.24, 2.45) is 0 Å². The zero-order valence-corrected chi connectivity index (χ0v) is 18.8. The molecule has 0 atom stereocenters. The number of thiazole rings is 1. The fourth-order valence-corrected chi connectivity index (χ4v) is 4.93. The van der Waals surface area contributed by atoms with Gasteiger partial charge in [-0.2, -0.15) is 4.68 Å². The summed E-state index contributed by atoms with van der Waals surface area (Å²) in [5.41, 5.74) is 1.33. The Morgan fingerprint density at radius 2 is 1.78 bits per heavy atom. The highest BCUT2D eigenvalue weighted by molar-refractivity contribution is 8.06. The Morgan fingerprint density at radius 3 is 2.53 bits per heavy atom. The monoisotopic (exact) mass is 479 g/mol. The highest BCUT2D eigenvalue weighted by Crippen LogP contribution is 2.23. The van der Waals surface area contributed by atoms with Crippen LogP contribution in [-0.2, 0) is 0 Å². The van der Waals surface area contributed by atoms with Crippen LogP contribution in [0.2, 0.25) is 5.02 Å². The first kappa shape index (κ1) is 20.8. The van der Waals surface area contributed by atoms with Crippen molar-refractivity contribution in [3.8, 4) is 5.13 Å². The summed E-state index contributed by atoms with van der Waals surface area (Å²) >= 11 is 8.87. The summed E-state index contributed by atoms with van der Waals surface area (Å²) in [7, 11) is 0. The van der Waals surface area contributed by atoms with Crippen LogP contribution in [0.15, 0.2) is 82.5 Å². The van der Waals surface area contributed by atoms with Crippen molar-refractivity contribution in [2.75, 3.05) is 0 Å². The number of H-pyrrole nitrogens is 1. The van der Waals surface area contributed by atoms with Crippen molar-refractivity contribution < 1.29 is 4.39 Å². The second kappa shape index (κ2) is 8.78. The minimum Gasteiger partial charge on any atom is -0.288 e. The van der Waals surface area contributed by atoms with E-state index in [9.17, 15) is 9.18 Å². The average Bonchev–Trinajstić information content (AvgIpc) is 3.36. The second-order valence-electron chi connectivity index (χ2n) is 6.93. The molecule has 4 nitrogen and oxygen atoms in total. The number of para-hydroxylation sites is 1. The molecule has 0 saturated heterocycles. The van der Waals surface area contributed by atoms with E-state index in [2.05, 4.69) is 10.1 Å². The van der Waals surface area contributed by atoms with Crippen LogP contribution in [0.25, 0.3) is 26.8 Å². The summed E-state index contributed by atoms with van der Waals surface area (Å²) in [5, 5.41) is 7.39. The third kappa shape index (κ3) is 4.27. The van der Waals surface area contributed by atoms with Crippen molar-refractivity contribution in [3.63, 3.8) is 0 Å². The number of aromatic nitrogens is 3. The lowest BCUT2D eigenvalue weighted by atomic mass is 10.2. The Labute approximate surface area is 195 Å². The van der Waals surface area contributed by atoms with Crippen LogP contribution in [0.5, 0.6) is 0 Å². The lowest BCUT2D eigenvalue weighted by Crippen LogP contribution is -2.34. The number of hydrogen-bond acceptors (Lipinski definition) is 4. The number of halogens is 2. The predicted octanol–water partition coefficient (Wildman–Crippen LogP) is 4.93. The van der Waals surface area contributed by atoms with Crippen LogP contribution < -0.4 is 16.1 Å². The van der Waals surface area contributed by atoms with E-state index in [1.165, 1.54) is 39.9 Å². The standard InChI is InChI=1S/C24H15ClFN3OS2/c25-16-7-11-18(12-8-16)31-14-21-19(13-15-5-9-17(26)10-6-15)23(30)29(28-21)24-27-20-3-1-2-4-22(20)32-24/h1-14,28H/b19-13+,21-14-. The molecule has 3 aromatic carbocycles. The van der Waals surface area contributed by atoms with Crippen LogP contribution in [-0.4, -0.2) is 14.8 Å². The Bertz CT molecular complexity index is 1550. The van der Waals surface area contributed by atoms with E-state index in [-0.39, 0.29) is 11.4 Å². The first-order valence-electron chi connectivity index (χ1n) is 9.63. The number of fused-ring (bicyclic) bond motifs is 1. The number of hydrogen-bond donors (Lipinski definition) is 1. The summed E-state index contributed by atoms with van der Waals surface area (Å²) in [6, 6.07) is 21.2. The fraction of sp³-hybridized carbons (Fsp3) is 0. The molecule has 0 saturated carbocycles. The molecule has 0 unspecified atom stereocenters. The molecule has 0 spiro atoms. The van der Waals surface area contributed by atoms with Gasteiger partial charge in [0.15, 0.2) is 0 Å². The first-order chi connectivity index (χ1) is 15.6. The summed E-state index contributed by atoms with van der Waals surface area (Å²) in [6.45, 7) is 0. The number of benzene rings is 3. The van der Waals surface area contributed by atoms with E-state index in [4.69, 9.17) is 11.6 Å². The van der Waals surface area contributed by atoms with Crippen LogP contribution >= 0.6 is 34.7 Å². The summed E-state index contributed by atoms with van der Waals surface area (Å²) in [5.74, 6) is -0.326. The van der Waals surface area contributed by atoms with Gasteiger partial charge in [0.2, 0.25) is 5.13 Å². The number of aromatic amines is 1. The van der Waals surface area contributed by atoms with E-state index in [0.29, 0.717) is 20.7 Å². The fourth-order valence-electron chi connectivity index (χ4n) is 3.15. The molecule has 5 rings (SSSR count). The largest absolute Gasteiger partial charge is 0.288 e. The maximum atomic E-state index is 13.3. The Morgan fingerprint density at radius 1 is 1.03 bits per heavy atom. The van der Waals surface area contributed by atoms with Crippen LogP contribution in [0.1, 0.15) is 5.56 Å². The Balaban J connectivity index is 1.67. The van der Waals surface area contributed by atoms with Crippen LogP contribution in [0.3, 0.4) is 0 Å². The molecule has 32 heavy (non-hydrogen) atoms. The predicted molar refractivity (Wildman–Crippen MR) is 131 cm³/mol. The van der Waals surface area contributed by atoms with Gasteiger partial charge < -0.3 is 0 Å². The van der Waals surface area contributed by atoms with Gasteiger partial charge in [-0.05, 0) is 60.2 Å². The maximum absolute atomic E-state index is 13.3. The van der Waals surface area contributed by atoms with Gasteiger partial charge in [-0.3, -0.25) is 9.89 Å². The molecule has 0 radical (unpaired) electrons. The van der Waals surface area contributed by atoms with E-state index in [1.807, 2.05) is 53.9 Å². The van der Waals surface area contributed by atoms with Gasteiger partial charge in [0.05, 0.1) is 20.8 Å². The van der Waals surface area contributed by atoms with Crippen molar-refractivity contribution in [2.45, 2.75) is 4.90 Å². The van der Waals surface area contributed by atoms with Crippen LogP contribution in [0.4, 0.5) is 4.39 Å². The summed E-state index contributed by atoms with van der Waals surface area (Å²) in [6.07, 6.45) is 1.75. The lowest BCUT2D eigenvalue weighted by Gasteiger charge is -1.95. The quantitative estimate of drug-likeness (QED) is 0.372. The summed E-state index contributed by atoms with van der Waals surface area (Å²) < 4.78 is 15.8. The maximum Gasteiger partial charge on any atom is 0.281 e. The first-order valence-corrected chi connectivity index (χ1v) is 11.7. The van der Waals surface area contributed by atoms with Gasteiger partial charge in [0.1, 0.15) is 5.82 Å². The average molecular weight is 480 g/mol. The third-order valence-electron chi connectivity index (χ3n) is 4.74. The van der Waals surface area contributed by atoms with Gasteiger partial charge >= 0.3 is 0 Å². The normalized spacial score (nSPS) is 12.7. The molecule has 0 aliphatic rings. The molecule has 0 fully saturated rings. The molecule has 8 heteroatoms. The molecule has 1 N–H and O–H groups in total. The van der Waals surface area contributed by atoms with E-state index in [0.717, 1.165) is 20.7 Å². The van der Waals surface area contributed by atoms with E-state index < -0.39 is 0 Å². The highest BCUT2D eigenvalue weighted by Gasteiger charge is 2.11. The van der Waals surface area contributed by atoms with Gasteiger partial charge in [0, 0.05) is 15.3 Å². The topological polar surface area (TPSA) is 50.7 Å². The van der Waals surface area contributed by atoms with Crippen molar-refractivity contribution in [1.82, 2.24) is 14.8 Å². The van der Waals surface area contributed by atoms with Gasteiger partial charge in [-0.25, -0.2) is 9.37 Å². The minimum absolute atomic E-state index is 0.226. The number of rotatable bonds is 4. The molecular weight excluding hydrogens is 465 g/mol. The molecule has 158 valence electrons. The van der Waals surface area contributed by atoms with E-state index in [1.54, 1.807) is 18.2 Å². The Hall–Kier alpha value is -3.13. The molecule has 2 heterocycles. The minimum atomic E-state index is -0.326. The molecule has 0 aliphatic heterocycles. The molecular formula is C24H15ClFN3OS2. The number of nitrogens with one attached hydrogen (secondary N) is 1. The Kier molecular flexibility index (Phi) is 5.70. The second-order valence-corrected chi connectivity index (χ2v) is 9.32. The molecule has 0 amide bonds. The van der Waals surface area contributed by atoms with Crippen LogP contribution in [0, 0.1) is 5.82 Å². The third-order valence-corrected chi connectivity index (χ3v) is 6.91. The van der Waals surface area contributed by atoms with Crippen molar-refractivity contribution in [3.05, 3.63) is 110 Å². The summed E-state index contributed by atoms with van der Waals surface area (Å²) in [4.78, 5) is 18.9. The van der Waals surface area contributed by atoms with Gasteiger partial charge in [0.25, 0.3) is 5.56 Å². The lowest BCUT2D eigenvalue weighted by molar-refractivity contribution is 0.628. The SMILES string of the molecule is O=c1c(=C/c2ccc(F)cc2)/c(=C/Sc2ccc(Cl)cc2)[nH]n1-c1nc2ccccc2s1. The zero-order valence-electron chi connectivity index (χ0n) is 16.5. The smallest absolute Gasteiger partial charge is 0.281 e. The number of thioether (sulfide) groups is 1. The molecule has 5 aromatic rings. The number of nitrogens with zero attached hydrogens (tertiary/aromatic N) is 2. The molecule has 0 bridgehead atoms. The zero-order chi connectivity index (χ0) is 22.1. The molecule has 2 aromatic heterocycles. The van der Waals surface area contributed by atoms with Gasteiger partial charge in [-0.1, -0.05) is 59.0 Å². The highest BCUT2D eigenvalue weighted by atomic mass is 35.5.